The number of carbonyl (C=O) groups is 1. The lowest BCUT2D eigenvalue weighted by Crippen LogP contribution is -2.36. The summed E-state index contributed by atoms with van der Waals surface area (Å²) in [5.74, 6) is -1.42. The van der Waals surface area contributed by atoms with Gasteiger partial charge in [-0.2, -0.15) is 18.3 Å². The summed E-state index contributed by atoms with van der Waals surface area (Å²) in [5, 5.41) is 7.63. The lowest BCUT2D eigenvalue weighted by Gasteiger charge is -2.04. The lowest BCUT2D eigenvalue weighted by molar-refractivity contribution is -0.173. The Balaban J connectivity index is 2.46. The van der Waals surface area contributed by atoms with Crippen LogP contribution in [-0.2, 0) is 11.3 Å². The van der Waals surface area contributed by atoms with Crippen LogP contribution in [0.1, 0.15) is 11.6 Å². The highest BCUT2D eigenvalue weighted by Crippen LogP contribution is 2.14. The molecular formula is C6H7F3N4O. The van der Waals surface area contributed by atoms with Crippen LogP contribution in [0.4, 0.5) is 13.2 Å². The van der Waals surface area contributed by atoms with Crippen molar-refractivity contribution in [1.82, 2.24) is 20.5 Å². The average molecular weight is 208 g/mol. The number of aryl methyl sites for hydroxylation is 1. The van der Waals surface area contributed by atoms with Gasteiger partial charge in [0.05, 0.1) is 6.54 Å². The van der Waals surface area contributed by atoms with E-state index in [-0.39, 0.29) is 12.4 Å². The van der Waals surface area contributed by atoms with Gasteiger partial charge in [0.25, 0.3) is 0 Å². The summed E-state index contributed by atoms with van der Waals surface area (Å²) in [4.78, 5) is 14.1. The van der Waals surface area contributed by atoms with Gasteiger partial charge in [0.1, 0.15) is 5.82 Å². The van der Waals surface area contributed by atoms with E-state index in [1.807, 2.05) is 0 Å². The Labute approximate surface area is 76.7 Å². The zero-order chi connectivity index (χ0) is 10.8. The number of H-pyrrole nitrogens is 1. The summed E-state index contributed by atoms with van der Waals surface area (Å²) >= 11 is 0. The molecule has 0 aliphatic carbocycles. The molecule has 1 rings (SSSR count). The normalized spacial score (nSPS) is 11.4. The molecule has 0 radical (unpaired) electrons. The van der Waals surface area contributed by atoms with E-state index in [9.17, 15) is 18.0 Å². The van der Waals surface area contributed by atoms with E-state index in [1.165, 1.54) is 0 Å². The maximum atomic E-state index is 11.7. The number of alkyl halides is 3. The molecule has 0 saturated carbocycles. The van der Waals surface area contributed by atoms with E-state index < -0.39 is 12.1 Å². The quantitative estimate of drug-likeness (QED) is 0.733. The molecule has 1 aromatic heterocycles. The Morgan fingerprint density at radius 3 is 2.64 bits per heavy atom. The molecule has 0 unspecified atom stereocenters. The van der Waals surface area contributed by atoms with E-state index >= 15 is 0 Å². The van der Waals surface area contributed by atoms with Crippen LogP contribution in [0.3, 0.4) is 0 Å². The first-order valence-corrected chi connectivity index (χ1v) is 3.62. The van der Waals surface area contributed by atoms with Gasteiger partial charge in [0.2, 0.25) is 0 Å². The first-order valence-electron chi connectivity index (χ1n) is 3.62. The van der Waals surface area contributed by atoms with E-state index in [2.05, 4.69) is 15.2 Å². The second-order valence-electron chi connectivity index (χ2n) is 2.52. The molecule has 0 fully saturated rings. The molecule has 0 bridgehead atoms. The molecule has 14 heavy (non-hydrogen) atoms. The maximum absolute atomic E-state index is 11.7. The molecule has 0 aliphatic heterocycles. The van der Waals surface area contributed by atoms with Gasteiger partial charge < -0.3 is 5.32 Å². The van der Waals surface area contributed by atoms with E-state index in [1.54, 1.807) is 12.2 Å². The van der Waals surface area contributed by atoms with Gasteiger partial charge in [-0.25, -0.2) is 4.98 Å². The zero-order valence-corrected chi connectivity index (χ0v) is 7.14. The van der Waals surface area contributed by atoms with Crippen LogP contribution in [0.5, 0.6) is 0 Å². The van der Waals surface area contributed by atoms with Crippen molar-refractivity contribution in [2.75, 3.05) is 0 Å². The SMILES string of the molecule is Cc1nc(CNC(=O)C(F)(F)F)n[nH]1. The minimum absolute atomic E-state index is 0.111. The van der Waals surface area contributed by atoms with Gasteiger partial charge in [-0.1, -0.05) is 0 Å². The predicted molar refractivity (Wildman–Crippen MR) is 39.0 cm³/mol. The third kappa shape index (κ3) is 2.71. The predicted octanol–water partition coefficient (Wildman–Crippen LogP) is 0.292. The van der Waals surface area contributed by atoms with Gasteiger partial charge >= 0.3 is 12.1 Å². The number of hydrogen-bond acceptors (Lipinski definition) is 3. The molecule has 0 saturated heterocycles. The number of aromatic nitrogens is 3. The molecule has 0 atom stereocenters. The Morgan fingerprint density at radius 1 is 1.57 bits per heavy atom. The Kier molecular flexibility index (Phi) is 2.73. The molecule has 78 valence electrons. The van der Waals surface area contributed by atoms with Crippen molar-refractivity contribution >= 4 is 5.91 Å². The Hall–Kier alpha value is -1.60. The second kappa shape index (κ2) is 3.64. The summed E-state index contributed by atoms with van der Waals surface area (Å²) < 4.78 is 35.1. The molecule has 5 nitrogen and oxygen atoms in total. The molecule has 1 heterocycles. The summed E-state index contributed by atoms with van der Waals surface area (Å²) in [7, 11) is 0. The largest absolute Gasteiger partial charge is 0.471 e. The monoisotopic (exact) mass is 208 g/mol. The van der Waals surface area contributed by atoms with E-state index in [0.29, 0.717) is 5.82 Å². The Morgan fingerprint density at radius 2 is 2.21 bits per heavy atom. The third-order valence-electron chi connectivity index (χ3n) is 1.31. The smallest absolute Gasteiger partial charge is 0.341 e. The minimum Gasteiger partial charge on any atom is -0.341 e. The second-order valence-corrected chi connectivity index (χ2v) is 2.52. The number of nitrogens with zero attached hydrogens (tertiary/aromatic N) is 2. The molecule has 1 amide bonds. The summed E-state index contributed by atoms with van der Waals surface area (Å²) in [6, 6.07) is 0. The van der Waals surface area contributed by atoms with Crippen molar-refractivity contribution in [3.63, 3.8) is 0 Å². The van der Waals surface area contributed by atoms with Crippen LogP contribution in [0.15, 0.2) is 0 Å². The molecule has 0 aliphatic rings. The highest BCUT2D eigenvalue weighted by atomic mass is 19.4. The minimum atomic E-state index is -4.87. The van der Waals surface area contributed by atoms with Gasteiger partial charge in [-0.05, 0) is 6.92 Å². The first-order chi connectivity index (χ1) is 6.39. The van der Waals surface area contributed by atoms with Gasteiger partial charge in [0.15, 0.2) is 5.82 Å². The maximum Gasteiger partial charge on any atom is 0.471 e. The number of rotatable bonds is 2. The fourth-order valence-corrected chi connectivity index (χ4v) is 0.728. The number of aromatic amines is 1. The van der Waals surface area contributed by atoms with Gasteiger partial charge in [-0.15, -0.1) is 0 Å². The van der Waals surface area contributed by atoms with Crippen LogP contribution >= 0.6 is 0 Å². The van der Waals surface area contributed by atoms with Crippen molar-refractivity contribution in [2.24, 2.45) is 0 Å². The van der Waals surface area contributed by atoms with Crippen molar-refractivity contribution in [3.8, 4) is 0 Å². The zero-order valence-electron chi connectivity index (χ0n) is 7.14. The highest BCUT2D eigenvalue weighted by molar-refractivity contribution is 5.81. The van der Waals surface area contributed by atoms with Crippen molar-refractivity contribution in [3.05, 3.63) is 11.6 Å². The Bertz CT molecular complexity index is 332. The van der Waals surface area contributed by atoms with E-state index in [4.69, 9.17) is 0 Å². The topological polar surface area (TPSA) is 70.7 Å². The van der Waals surface area contributed by atoms with Gasteiger partial charge in [0, 0.05) is 0 Å². The first kappa shape index (κ1) is 10.5. The van der Waals surface area contributed by atoms with Crippen molar-refractivity contribution in [1.29, 1.82) is 0 Å². The molecule has 1 aromatic rings. The van der Waals surface area contributed by atoms with Crippen LogP contribution in [0.25, 0.3) is 0 Å². The van der Waals surface area contributed by atoms with Crippen LogP contribution < -0.4 is 5.32 Å². The van der Waals surface area contributed by atoms with Crippen molar-refractivity contribution in [2.45, 2.75) is 19.6 Å². The summed E-state index contributed by atoms with van der Waals surface area (Å²) in [6.07, 6.45) is -4.87. The highest BCUT2D eigenvalue weighted by Gasteiger charge is 2.38. The van der Waals surface area contributed by atoms with Crippen LogP contribution in [0, 0.1) is 6.92 Å². The van der Waals surface area contributed by atoms with Crippen LogP contribution in [0.2, 0.25) is 0 Å². The van der Waals surface area contributed by atoms with Crippen LogP contribution in [-0.4, -0.2) is 27.3 Å². The fourth-order valence-electron chi connectivity index (χ4n) is 0.728. The third-order valence-corrected chi connectivity index (χ3v) is 1.31. The standard InChI is InChI=1S/C6H7F3N4O/c1-3-11-4(13-12-3)2-10-5(14)6(7,8)9/h2H2,1H3,(H,10,14)(H,11,12,13). The number of halogens is 3. The van der Waals surface area contributed by atoms with E-state index in [0.717, 1.165) is 0 Å². The number of hydrogen-bond donors (Lipinski definition) is 2. The number of amides is 1. The molecule has 0 aromatic carbocycles. The molecule has 8 heteroatoms. The molecule has 2 N–H and O–H groups in total. The fraction of sp³-hybridized carbons (Fsp3) is 0.500. The molecular weight excluding hydrogens is 201 g/mol. The average Bonchev–Trinajstić information content (AvgIpc) is 2.45. The summed E-state index contributed by atoms with van der Waals surface area (Å²) in [5.41, 5.74) is 0. The lowest BCUT2D eigenvalue weighted by atomic mass is 10.5. The number of carbonyl (C=O) groups excluding carboxylic acids is 1. The molecule has 0 spiro atoms. The summed E-state index contributed by atoms with van der Waals surface area (Å²) in [6.45, 7) is 1.25. The van der Waals surface area contributed by atoms with Crippen molar-refractivity contribution < 1.29 is 18.0 Å². The number of nitrogens with one attached hydrogen (secondary N) is 2. The van der Waals surface area contributed by atoms with Gasteiger partial charge in [-0.3, -0.25) is 9.89 Å².